The first kappa shape index (κ1) is 22.8. The maximum absolute atomic E-state index is 9.32. The van der Waals surface area contributed by atoms with Crippen molar-refractivity contribution in [3.63, 3.8) is 0 Å². The van der Waals surface area contributed by atoms with Crippen LogP contribution < -0.4 is 69.3 Å². The van der Waals surface area contributed by atoms with E-state index in [0.717, 1.165) is 0 Å². The van der Waals surface area contributed by atoms with E-state index in [-0.39, 0.29) is 64.4 Å². The van der Waals surface area contributed by atoms with Crippen LogP contribution in [-0.2, 0) is 4.79 Å². The first-order valence-corrected chi connectivity index (χ1v) is 2.78. The fourth-order valence-electron chi connectivity index (χ4n) is 0. The van der Waals surface area contributed by atoms with Gasteiger partial charge in [-0.2, -0.15) is 0 Å². The Morgan fingerprint density at radius 1 is 1.27 bits per heavy atom. The molecule has 0 aliphatic rings. The second-order valence-corrected chi connectivity index (χ2v) is 1.34. The van der Waals surface area contributed by atoms with E-state index >= 15 is 0 Å². The monoisotopic (exact) mass is 244 g/mol. The van der Waals surface area contributed by atoms with Gasteiger partial charge in [0.2, 0.25) is 0 Å². The molecule has 0 radical (unpaired) electrons. The molecule has 0 spiro atoms. The maximum atomic E-state index is 9.32. The summed E-state index contributed by atoms with van der Waals surface area (Å²) in [5.41, 5.74) is 0. The van der Waals surface area contributed by atoms with Gasteiger partial charge in [0, 0.05) is 0 Å². The van der Waals surface area contributed by atoms with Crippen LogP contribution in [0, 0.1) is 0 Å². The number of hydrogen-bond acceptors (Lipinski definition) is 4. The molecule has 0 aromatic carbocycles. The molecule has 0 aliphatic heterocycles. The molecule has 0 unspecified atom stereocenters. The topological polar surface area (TPSA) is 100 Å². The number of rotatable bonds is 1. The zero-order chi connectivity index (χ0) is 7.86. The van der Waals surface area contributed by atoms with E-state index < -0.39 is 12.1 Å². The number of halogens is 1. The van der Waals surface area contributed by atoms with Crippen molar-refractivity contribution < 1.29 is 84.0 Å². The second kappa shape index (κ2) is 17.3. The van der Waals surface area contributed by atoms with Crippen LogP contribution in [0.5, 0.6) is 0 Å². The Balaban J connectivity index is -0.0000000383. The molecule has 0 aromatic heterocycles. The predicted octanol–water partition coefficient (Wildman–Crippen LogP) is -7.97. The molecule has 5 nitrogen and oxygen atoms in total. The van der Waals surface area contributed by atoms with Crippen molar-refractivity contribution in [3.05, 3.63) is 0 Å². The predicted molar refractivity (Wildman–Crippen MR) is 26.8 cm³/mol. The van der Waals surface area contributed by atoms with Crippen LogP contribution in [0.4, 0.5) is 4.79 Å². The first-order chi connectivity index (χ1) is 4.00. The summed E-state index contributed by atoms with van der Waals surface area (Å²) in [5, 5.41) is 24.4. The number of hydrogen-bond donors (Lipinski definition) is 1. The number of carbonyl (C=O) groups is 2. The summed E-state index contributed by atoms with van der Waals surface area (Å²) in [5.74, 6) is -0.829. The van der Waals surface area contributed by atoms with Crippen molar-refractivity contribution >= 4 is 28.1 Å². The van der Waals surface area contributed by atoms with Crippen LogP contribution in [0.1, 0.15) is 0 Å². The Labute approximate surface area is 116 Å². The zero-order valence-electron chi connectivity index (χ0n) is 6.17. The average Bonchev–Trinajstić information content (AvgIpc) is 1.65. The molecule has 0 amide bonds. The van der Waals surface area contributed by atoms with Crippen LogP contribution in [0.15, 0.2) is 0 Å². The van der Waals surface area contributed by atoms with E-state index in [1.807, 2.05) is 0 Å². The Morgan fingerprint density at radius 2 is 1.36 bits per heavy atom. The van der Waals surface area contributed by atoms with E-state index in [1.165, 1.54) is 0 Å². The molecular formula is C3H3BrNa2O5. The van der Waals surface area contributed by atoms with Gasteiger partial charge in [-0.25, -0.2) is 0 Å². The van der Waals surface area contributed by atoms with Crippen LogP contribution >= 0.6 is 15.9 Å². The number of carbonyl (C=O) groups excluding carboxylic acids is 1. The fourth-order valence-corrected chi connectivity index (χ4v) is 0. The first-order valence-electron chi connectivity index (χ1n) is 1.66. The summed E-state index contributed by atoms with van der Waals surface area (Å²) < 4.78 is 0. The van der Waals surface area contributed by atoms with Crippen molar-refractivity contribution in [2.75, 3.05) is 5.33 Å². The third-order valence-corrected chi connectivity index (χ3v) is 0.594. The maximum Gasteiger partial charge on any atom is 1.00 e. The molecule has 54 valence electrons. The summed E-state index contributed by atoms with van der Waals surface area (Å²) in [6.07, 6.45) is -2.33. The largest absolute Gasteiger partial charge is 1.00 e. The molecule has 0 bridgehead atoms. The molecule has 0 saturated heterocycles. The molecule has 1 N–H and O–H groups in total. The van der Waals surface area contributed by atoms with E-state index in [2.05, 4.69) is 15.9 Å². The zero-order valence-corrected chi connectivity index (χ0v) is 11.8. The Hall–Kier alpha value is 1.22. The van der Waals surface area contributed by atoms with Crippen molar-refractivity contribution in [1.29, 1.82) is 0 Å². The second-order valence-electron chi connectivity index (χ2n) is 0.777. The van der Waals surface area contributed by atoms with Crippen LogP contribution in [0.3, 0.4) is 0 Å². The third kappa shape index (κ3) is 92.0. The van der Waals surface area contributed by atoms with Crippen LogP contribution in [0.2, 0.25) is 0 Å². The van der Waals surface area contributed by atoms with E-state index in [1.54, 1.807) is 0 Å². The molecule has 0 fully saturated rings. The normalized spacial score (nSPS) is 5.55. The summed E-state index contributed by atoms with van der Waals surface area (Å²) in [6.45, 7) is 0. The Bertz CT molecular complexity index is 104. The quantitative estimate of drug-likeness (QED) is 0.365. The number of aliphatic carboxylic acids is 1. The molecule has 0 atom stereocenters. The van der Waals surface area contributed by atoms with Crippen molar-refractivity contribution in [3.8, 4) is 0 Å². The minimum Gasteiger partial charge on any atom is -0.652 e. The van der Waals surface area contributed by atoms with Gasteiger partial charge >= 0.3 is 65.1 Å². The van der Waals surface area contributed by atoms with Gasteiger partial charge in [-0.3, -0.25) is 4.79 Å². The van der Waals surface area contributed by atoms with Gasteiger partial charge < -0.3 is 20.1 Å². The number of carboxylic acids is 1. The summed E-state index contributed by atoms with van der Waals surface area (Å²) in [4.78, 5) is 17.7. The van der Waals surface area contributed by atoms with Crippen molar-refractivity contribution in [2.24, 2.45) is 0 Å². The molecule has 0 heterocycles. The smallest absolute Gasteiger partial charge is 0.652 e. The van der Waals surface area contributed by atoms with Crippen LogP contribution in [0.25, 0.3) is 0 Å². The van der Waals surface area contributed by atoms with Crippen LogP contribution in [-0.4, -0.2) is 22.6 Å². The van der Waals surface area contributed by atoms with Crippen molar-refractivity contribution in [2.45, 2.75) is 0 Å². The average molecular weight is 245 g/mol. The summed E-state index contributed by atoms with van der Waals surface area (Å²) >= 11 is 2.71. The minimum atomic E-state index is -2.33. The molecule has 8 heteroatoms. The van der Waals surface area contributed by atoms with Gasteiger partial charge in [-0.1, -0.05) is 15.9 Å². The molecular weight excluding hydrogens is 242 g/mol. The van der Waals surface area contributed by atoms with E-state index in [4.69, 9.17) is 20.1 Å². The summed E-state index contributed by atoms with van der Waals surface area (Å²) in [6, 6.07) is 0. The number of carboxylic acid groups (broad SMARTS) is 3. The van der Waals surface area contributed by atoms with Gasteiger partial charge in [0.15, 0.2) is 0 Å². The minimum absolute atomic E-state index is 0. The van der Waals surface area contributed by atoms with Gasteiger partial charge in [0.05, 0.1) is 0 Å². The molecule has 11 heavy (non-hydrogen) atoms. The van der Waals surface area contributed by atoms with Gasteiger partial charge in [0.25, 0.3) is 0 Å². The van der Waals surface area contributed by atoms with Gasteiger partial charge in [-0.05, 0) is 6.16 Å². The van der Waals surface area contributed by atoms with Gasteiger partial charge in [0.1, 0.15) is 5.33 Å². The number of alkyl halides is 1. The Morgan fingerprint density at radius 3 is 1.36 bits per heavy atom. The molecule has 0 aliphatic carbocycles. The van der Waals surface area contributed by atoms with E-state index in [0.29, 0.717) is 0 Å². The molecule has 0 aromatic rings. The SMILES string of the molecule is O=C(O)CBr.O=C([O-])[O-].[Na+].[Na+]. The molecule has 0 rings (SSSR count). The summed E-state index contributed by atoms with van der Waals surface area (Å²) in [7, 11) is 0. The van der Waals surface area contributed by atoms with Crippen molar-refractivity contribution in [1.82, 2.24) is 0 Å². The molecule has 0 saturated carbocycles. The standard InChI is InChI=1S/C2H3BrO2.CH2O3.2Na/c3-1-2(4)5;2-1(3)4;;/h1H2,(H,4,5);(H2,2,3,4);;/q;;2*+1/p-2. The van der Waals surface area contributed by atoms with E-state index in [9.17, 15) is 4.79 Å². The third-order valence-electron chi connectivity index (χ3n) is 0.114. The Kier molecular flexibility index (Phi) is 35.9. The van der Waals surface area contributed by atoms with Gasteiger partial charge in [-0.15, -0.1) is 0 Å². The fraction of sp³-hybridized carbons (Fsp3) is 0.333.